The van der Waals surface area contributed by atoms with E-state index < -0.39 is 0 Å². The Labute approximate surface area is 199 Å². The molecule has 0 atom stereocenters. The summed E-state index contributed by atoms with van der Waals surface area (Å²) in [5.41, 5.74) is 2.67. The van der Waals surface area contributed by atoms with Crippen molar-refractivity contribution in [3.63, 3.8) is 0 Å². The van der Waals surface area contributed by atoms with Gasteiger partial charge in [0.2, 0.25) is 0 Å². The van der Waals surface area contributed by atoms with E-state index in [1.807, 2.05) is 47.6 Å². The first-order valence-electron chi connectivity index (χ1n) is 10.1. The molecule has 0 aliphatic carbocycles. The fourth-order valence-electron chi connectivity index (χ4n) is 3.41. The minimum atomic E-state index is -0.0113. The number of benzene rings is 2. The zero-order valence-electron chi connectivity index (χ0n) is 18.7. The molecule has 168 valence electrons. The van der Waals surface area contributed by atoms with E-state index >= 15 is 0 Å². The zero-order chi connectivity index (χ0) is 21.7. The highest BCUT2D eigenvalue weighted by Crippen LogP contribution is 2.37. The number of thioether (sulfide) groups is 1. The fourth-order valence-corrected chi connectivity index (χ4v) is 5.08. The minimum Gasteiger partial charge on any atom is -0.494 e. The molecule has 0 unspecified atom stereocenters. The molecule has 1 heterocycles. The van der Waals surface area contributed by atoms with Gasteiger partial charge in [-0.2, -0.15) is 0 Å². The third-order valence-electron chi connectivity index (χ3n) is 5.26. The van der Waals surface area contributed by atoms with E-state index in [9.17, 15) is 4.79 Å². The fraction of sp³-hybridized carbons (Fsp3) is 0.391. The Morgan fingerprint density at radius 1 is 1.13 bits per heavy atom. The van der Waals surface area contributed by atoms with E-state index in [2.05, 4.69) is 25.7 Å². The summed E-state index contributed by atoms with van der Waals surface area (Å²) >= 11 is 3.14. The monoisotopic (exact) mass is 479 g/mol. The summed E-state index contributed by atoms with van der Waals surface area (Å²) in [7, 11) is 1.65. The Balaban J connectivity index is 0.00000341. The second-order valence-electron chi connectivity index (χ2n) is 6.94. The summed E-state index contributed by atoms with van der Waals surface area (Å²) in [5.74, 6) is 0.724. The first-order valence-corrected chi connectivity index (χ1v) is 12.2. The number of carbonyl (C=O) groups is 1. The molecule has 1 aromatic heterocycles. The van der Waals surface area contributed by atoms with Crippen LogP contribution >= 0.6 is 35.5 Å². The SMILES string of the molecule is CCN(CC)CCN(C(=O)c1ccccc1SC)c1nc2c(OC)ccc(C)c2s1.Cl. The third kappa shape index (κ3) is 5.52. The third-order valence-corrected chi connectivity index (χ3v) is 7.27. The second-order valence-corrected chi connectivity index (χ2v) is 8.77. The number of aromatic nitrogens is 1. The number of nitrogens with zero attached hydrogens (tertiary/aromatic N) is 3. The van der Waals surface area contributed by atoms with Crippen LogP contribution in [0.25, 0.3) is 10.2 Å². The van der Waals surface area contributed by atoms with Crippen molar-refractivity contribution in [1.29, 1.82) is 0 Å². The summed E-state index contributed by atoms with van der Waals surface area (Å²) in [6.07, 6.45) is 2.00. The molecule has 3 aromatic rings. The van der Waals surface area contributed by atoms with Crippen molar-refractivity contribution in [3.8, 4) is 5.75 Å². The van der Waals surface area contributed by atoms with Gasteiger partial charge in [-0.05, 0) is 50.0 Å². The van der Waals surface area contributed by atoms with Crippen LogP contribution in [-0.2, 0) is 0 Å². The summed E-state index contributed by atoms with van der Waals surface area (Å²) in [5, 5.41) is 0.714. The Morgan fingerprint density at radius 2 is 1.84 bits per heavy atom. The lowest BCUT2D eigenvalue weighted by molar-refractivity contribution is 0.0981. The Kier molecular flexibility index (Phi) is 9.62. The van der Waals surface area contributed by atoms with Gasteiger partial charge in [0.1, 0.15) is 11.3 Å². The van der Waals surface area contributed by atoms with Crippen LogP contribution in [0.15, 0.2) is 41.3 Å². The number of aryl methyl sites for hydroxylation is 1. The van der Waals surface area contributed by atoms with Crippen LogP contribution in [0.1, 0.15) is 29.8 Å². The van der Waals surface area contributed by atoms with E-state index in [1.165, 1.54) is 0 Å². The van der Waals surface area contributed by atoms with Crippen molar-refractivity contribution in [2.24, 2.45) is 0 Å². The highest BCUT2D eigenvalue weighted by molar-refractivity contribution is 7.98. The second kappa shape index (κ2) is 11.7. The van der Waals surface area contributed by atoms with E-state index in [-0.39, 0.29) is 18.3 Å². The normalized spacial score (nSPS) is 10.9. The molecule has 0 saturated carbocycles. The molecule has 0 fully saturated rings. The highest BCUT2D eigenvalue weighted by Gasteiger charge is 2.24. The number of ether oxygens (including phenoxy) is 1. The molecule has 1 amide bonds. The Hall–Kier alpha value is -1.80. The summed E-state index contributed by atoms with van der Waals surface area (Å²) < 4.78 is 6.58. The lowest BCUT2D eigenvalue weighted by Gasteiger charge is -2.25. The lowest BCUT2D eigenvalue weighted by atomic mass is 10.2. The van der Waals surface area contributed by atoms with Crippen molar-refractivity contribution in [1.82, 2.24) is 9.88 Å². The van der Waals surface area contributed by atoms with E-state index in [0.717, 1.165) is 46.1 Å². The van der Waals surface area contributed by atoms with E-state index in [4.69, 9.17) is 9.72 Å². The van der Waals surface area contributed by atoms with Crippen molar-refractivity contribution in [2.45, 2.75) is 25.7 Å². The Morgan fingerprint density at radius 3 is 2.48 bits per heavy atom. The van der Waals surface area contributed by atoms with Crippen molar-refractivity contribution in [2.75, 3.05) is 44.4 Å². The van der Waals surface area contributed by atoms with Crippen LogP contribution in [-0.4, -0.2) is 55.3 Å². The number of anilines is 1. The first kappa shape index (κ1) is 25.5. The van der Waals surface area contributed by atoms with Crippen molar-refractivity contribution in [3.05, 3.63) is 47.5 Å². The first-order chi connectivity index (χ1) is 14.5. The predicted molar refractivity (Wildman–Crippen MR) is 136 cm³/mol. The molecule has 0 spiro atoms. The standard InChI is InChI=1S/C23H29N3O2S2.ClH/c1-6-25(7-2)14-15-26(22(27)17-10-8-9-11-19(17)29-5)23-24-20-18(28-4)13-12-16(3)21(20)30-23;/h8-13H,6-7,14-15H2,1-5H3;1H. The van der Waals surface area contributed by atoms with Gasteiger partial charge in [0.25, 0.3) is 5.91 Å². The number of fused-ring (bicyclic) bond motifs is 1. The number of thiazole rings is 1. The van der Waals surface area contributed by atoms with Crippen molar-refractivity contribution < 1.29 is 9.53 Å². The number of carbonyl (C=O) groups excluding carboxylic acids is 1. The average molecular weight is 480 g/mol. The maximum atomic E-state index is 13.7. The van der Waals surface area contributed by atoms with Gasteiger partial charge in [0.15, 0.2) is 5.13 Å². The number of likely N-dealkylation sites (N-methyl/N-ethyl adjacent to an activating group) is 1. The van der Waals surface area contributed by atoms with Crippen LogP contribution < -0.4 is 9.64 Å². The number of amides is 1. The largest absolute Gasteiger partial charge is 0.494 e. The Bertz CT molecular complexity index is 1020. The number of hydrogen-bond acceptors (Lipinski definition) is 6. The van der Waals surface area contributed by atoms with Gasteiger partial charge in [0.05, 0.1) is 17.4 Å². The number of halogens is 1. The van der Waals surface area contributed by atoms with Crippen LogP contribution in [0.2, 0.25) is 0 Å². The average Bonchev–Trinajstić information content (AvgIpc) is 3.22. The number of methoxy groups -OCH3 is 1. The van der Waals surface area contributed by atoms with Crippen molar-refractivity contribution >= 4 is 56.8 Å². The molecule has 0 saturated heterocycles. The number of rotatable bonds is 9. The molecule has 0 aliphatic heterocycles. The molecule has 5 nitrogen and oxygen atoms in total. The molecular weight excluding hydrogens is 450 g/mol. The molecule has 0 radical (unpaired) electrons. The van der Waals surface area contributed by atoms with Crippen LogP contribution in [0, 0.1) is 6.92 Å². The van der Waals surface area contributed by atoms with Gasteiger partial charge in [-0.15, -0.1) is 24.2 Å². The van der Waals surface area contributed by atoms with Gasteiger partial charge in [-0.1, -0.05) is 43.4 Å². The minimum absolute atomic E-state index is 0. The van der Waals surface area contributed by atoms with Gasteiger partial charge in [0, 0.05) is 18.0 Å². The topological polar surface area (TPSA) is 45.7 Å². The van der Waals surface area contributed by atoms with Crippen LogP contribution in [0.5, 0.6) is 5.75 Å². The summed E-state index contributed by atoms with van der Waals surface area (Å²) in [6, 6.07) is 11.8. The van der Waals surface area contributed by atoms with Crippen LogP contribution in [0.4, 0.5) is 5.13 Å². The quantitative estimate of drug-likeness (QED) is 0.366. The molecule has 2 aromatic carbocycles. The van der Waals surface area contributed by atoms with Gasteiger partial charge in [-0.25, -0.2) is 4.98 Å². The smallest absolute Gasteiger partial charge is 0.261 e. The molecule has 8 heteroatoms. The molecule has 0 bridgehead atoms. The van der Waals surface area contributed by atoms with E-state index in [1.54, 1.807) is 30.2 Å². The maximum Gasteiger partial charge on any atom is 0.261 e. The number of hydrogen-bond donors (Lipinski definition) is 0. The molecular formula is C23H30ClN3O2S2. The molecule has 3 rings (SSSR count). The molecule has 31 heavy (non-hydrogen) atoms. The van der Waals surface area contributed by atoms with Gasteiger partial charge >= 0.3 is 0 Å². The summed E-state index contributed by atoms with van der Waals surface area (Å²) in [4.78, 5) is 23.6. The summed E-state index contributed by atoms with van der Waals surface area (Å²) in [6.45, 7) is 9.64. The molecule has 0 N–H and O–H groups in total. The highest BCUT2D eigenvalue weighted by atomic mass is 35.5. The lowest BCUT2D eigenvalue weighted by Crippen LogP contribution is -2.39. The van der Waals surface area contributed by atoms with Gasteiger partial charge in [-0.3, -0.25) is 9.69 Å². The zero-order valence-corrected chi connectivity index (χ0v) is 21.1. The predicted octanol–water partition coefficient (Wildman–Crippen LogP) is 5.75. The maximum absolute atomic E-state index is 13.7. The molecule has 0 aliphatic rings. The van der Waals surface area contributed by atoms with E-state index in [0.29, 0.717) is 17.2 Å². The van der Waals surface area contributed by atoms with Gasteiger partial charge < -0.3 is 9.64 Å². The van der Waals surface area contributed by atoms with Crippen LogP contribution in [0.3, 0.4) is 0 Å².